The minimum atomic E-state index is 0.606. The molecule has 1 aromatic carbocycles. The number of rotatable bonds is 2. The molecule has 1 saturated carbocycles. The first-order valence-electron chi connectivity index (χ1n) is 5.98. The summed E-state index contributed by atoms with van der Waals surface area (Å²) in [5.74, 6) is 0.606. The van der Waals surface area contributed by atoms with E-state index in [0.29, 0.717) is 5.92 Å². The maximum absolute atomic E-state index is 6.41. The van der Waals surface area contributed by atoms with Crippen molar-refractivity contribution in [2.24, 2.45) is 0 Å². The second-order valence-corrected chi connectivity index (χ2v) is 5.27. The van der Waals surface area contributed by atoms with Crippen LogP contribution in [0.3, 0.4) is 0 Å². The molecule has 1 aliphatic rings. The van der Waals surface area contributed by atoms with Gasteiger partial charge < -0.3 is 0 Å². The van der Waals surface area contributed by atoms with Gasteiger partial charge in [0.1, 0.15) is 5.69 Å². The monoisotopic (exact) mass is 246 g/mol. The maximum atomic E-state index is 6.41. The molecule has 2 aromatic rings. The lowest BCUT2D eigenvalue weighted by Crippen LogP contribution is -1.85. The molecule has 1 N–H and O–H groups in total. The zero-order valence-corrected chi connectivity index (χ0v) is 10.8. The smallest absolute Gasteiger partial charge is 0.111 e. The van der Waals surface area contributed by atoms with E-state index >= 15 is 0 Å². The van der Waals surface area contributed by atoms with Gasteiger partial charge in [0.05, 0.1) is 10.7 Å². The van der Waals surface area contributed by atoms with Crippen LogP contribution in [0.5, 0.6) is 0 Å². The fraction of sp³-hybridized carbons (Fsp3) is 0.357. The third kappa shape index (κ3) is 1.87. The summed E-state index contributed by atoms with van der Waals surface area (Å²) in [6.07, 6.45) is 2.46. The molecule has 0 aliphatic heterocycles. The van der Waals surface area contributed by atoms with Crippen LogP contribution < -0.4 is 0 Å². The van der Waals surface area contributed by atoms with Gasteiger partial charge in [-0.15, -0.1) is 0 Å². The zero-order valence-electron chi connectivity index (χ0n) is 10.0. The van der Waals surface area contributed by atoms with Crippen molar-refractivity contribution in [1.29, 1.82) is 0 Å². The summed E-state index contributed by atoms with van der Waals surface area (Å²) in [7, 11) is 0. The van der Waals surface area contributed by atoms with Crippen LogP contribution >= 0.6 is 11.6 Å². The van der Waals surface area contributed by atoms with E-state index in [2.05, 4.69) is 42.2 Å². The lowest BCUT2D eigenvalue weighted by atomic mass is 10.0. The van der Waals surface area contributed by atoms with Gasteiger partial charge in [0, 0.05) is 11.5 Å². The third-order valence-electron chi connectivity index (χ3n) is 3.36. The SMILES string of the molecule is Cc1ccc(-c2n[nH]c(C3CC3)c2Cl)c(C)c1. The predicted octanol–water partition coefficient (Wildman–Crippen LogP) is 4.22. The van der Waals surface area contributed by atoms with Crippen molar-refractivity contribution in [3.05, 3.63) is 40.0 Å². The molecular weight excluding hydrogens is 232 g/mol. The number of benzene rings is 1. The van der Waals surface area contributed by atoms with Gasteiger partial charge in [-0.3, -0.25) is 5.10 Å². The largest absolute Gasteiger partial charge is 0.280 e. The lowest BCUT2D eigenvalue weighted by molar-refractivity contribution is 0.967. The number of nitrogens with zero attached hydrogens (tertiary/aromatic N) is 1. The molecule has 88 valence electrons. The van der Waals surface area contributed by atoms with Gasteiger partial charge in [0.25, 0.3) is 0 Å². The minimum absolute atomic E-state index is 0.606. The first-order chi connectivity index (χ1) is 8.16. The van der Waals surface area contributed by atoms with Gasteiger partial charge in [-0.05, 0) is 32.3 Å². The first-order valence-corrected chi connectivity index (χ1v) is 6.36. The molecule has 1 aliphatic carbocycles. The molecule has 0 bridgehead atoms. The van der Waals surface area contributed by atoms with E-state index in [9.17, 15) is 0 Å². The number of halogens is 1. The van der Waals surface area contributed by atoms with Crippen LogP contribution in [0.4, 0.5) is 0 Å². The zero-order chi connectivity index (χ0) is 12.0. The topological polar surface area (TPSA) is 28.7 Å². The summed E-state index contributed by atoms with van der Waals surface area (Å²) in [5, 5.41) is 8.28. The molecule has 0 radical (unpaired) electrons. The molecule has 3 heteroatoms. The Labute approximate surface area is 106 Å². The van der Waals surface area contributed by atoms with E-state index in [1.54, 1.807) is 0 Å². The molecular formula is C14H15ClN2. The van der Waals surface area contributed by atoms with E-state index in [1.807, 2.05) is 0 Å². The van der Waals surface area contributed by atoms with Crippen LogP contribution in [0.2, 0.25) is 5.02 Å². The van der Waals surface area contributed by atoms with E-state index in [-0.39, 0.29) is 0 Å². The van der Waals surface area contributed by atoms with Crippen molar-refractivity contribution in [2.45, 2.75) is 32.6 Å². The van der Waals surface area contributed by atoms with Gasteiger partial charge in [-0.25, -0.2) is 0 Å². The lowest BCUT2D eigenvalue weighted by Gasteiger charge is -2.04. The van der Waals surface area contributed by atoms with Crippen LogP contribution in [-0.4, -0.2) is 10.2 Å². The molecule has 1 fully saturated rings. The van der Waals surface area contributed by atoms with Crippen LogP contribution in [0.25, 0.3) is 11.3 Å². The van der Waals surface area contributed by atoms with E-state index < -0.39 is 0 Å². The van der Waals surface area contributed by atoms with E-state index in [0.717, 1.165) is 22.0 Å². The summed E-state index contributed by atoms with van der Waals surface area (Å²) in [5.41, 5.74) is 5.62. The fourth-order valence-corrected chi connectivity index (χ4v) is 2.58. The summed E-state index contributed by atoms with van der Waals surface area (Å²) < 4.78 is 0. The Hall–Kier alpha value is -1.28. The van der Waals surface area contributed by atoms with Gasteiger partial charge in [-0.1, -0.05) is 35.4 Å². The normalized spacial score (nSPS) is 15.2. The highest BCUT2D eigenvalue weighted by molar-refractivity contribution is 6.33. The Kier molecular flexibility index (Phi) is 2.48. The summed E-state index contributed by atoms with van der Waals surface area (Å²) >= 11 is 6.41. The van der Waals surface area contributed by atoms with Crippen molar-refractivity contribution in [3.8, 4) is 11.3 Å². The number of H-pyrrole nitrogens is 1. The van der Waals surface area contributed by atoms with Crippen molar-refractivity contribution < 1.29 is 0 Å². The molecule has 0 unspecified atom stereocenters. The summed E-state index contributed by atoms with van der Waals surface area (Å²) in [6.45, 7) is 4.20. The van der Waals surface area contributed by atoms with Gasteiger partial charge in [0.15, 0.2) is 0 Å². The molecule has 1 heterocycles. The Morgan fingerprint density at radius 2 is 2.06 bits per heavy atom. The molecule has 3 rings (SSSR count). The predicted molar refractivity (Wildman–Crippen MR) is 70.5 cm³/mol. The van der Waals surface area contributed by atoms with Crippen molar-refractivity contribution >= 4 is 11.6 Å². The number of hydrogen-bond acceptors (Lipinski definition) is 1. The van der Waals surface area contributed by atoms with E-state index in [1.165, 1.54) is 24.0 Å². The Bertz CT molecular complexity index is 568. The number of aromatic nitrogens is 2. The first kappa shape index (κ1) is 10.8. The highest BCUT2D eigenvalue weighted by atomic mass is 35.5. The van der Waals surface area contributed by atoms with E-state index in [4.69, 9.17) is 11.6 Å². The van der Waals surface area contributed by atoms with Crippen LogP contribution in [0.15, 0.2) is 18.2 Å². The summed E-state index contributed by atoms with van der Waals surface area (Å²) in [4.78, 5) is 0. The van der Waals surface area contributed by atoms with Crippen molar-refractivity contribution in [2.75, 3.05) is 0 Å². The summed E-state index contributed by atoms with van der Waals surface area (Å²) in [6, 6.07) is 6.37. The van der Waals surface area contributed by atoms with Gasteiger partial charge in [-0.2, -0.15) is 5.10 Å². The number of aryl methyl sites for hydroxylation is 2. The molecule has 0 spiro atoms. The number of aromatic amines is 1. The molecule has 0 amide bonds. The second-order valence-electron chi connectivity index (χ2n) is 4.89. The molecule has 17 heavy (non-hydrogen) atoms. The number of hydrogen-bond donors (Lipinski definition) is 1. The molecule has 0 atom stereocenters. The Morgan fingerprint density at radius 1 is 1.29 bits per heavy atom. The quantitative estimate of drug-likeness (QED) is 0.844. The third-order valence-corrected chi connectivity index (χ3v) is 3.74. The Morgan fingerprint density at radius 3 is 2.71 bits per heavy atom. The highest BCUT2D eigenvalue weighted by Crippen LogP contribution is 2.44. The highest BCUT2D eigenvalue weighted by Gasteiger charge is 2.29. The van der Waals surface area contributed by atoms with Crippen molar-refractivity contribution in [1.82, 2.24) is 10.2 Å². The standard InChI is InChI=1S/C14H15ClN2/c1-8-3-6-11(9(2)7-8)14-12(15)13(16-17-14)10-4-5-10/h3,6-7,10H,4-5H2,1-2H3,(H,16,17). The van der Waals surface area contributed by atoms with Crippen molar-refractivity contribution in [3.63, 3.8) is 0 Å². The average Bonchev–Trinajstić information content (AvgIpc) is 3.04. The molecule has 0 saturated heterocycles. The minimum Gasteiger partial charge on any atom is -0.280 e. The maximum Gasteiger partial charge on any atom is 0.111 e. The second kappa shape index (κ2) is 3.88. The van der Waals surface area contributed by atoms with Gasteiger partial charge in [0.2, 0.25) is 0 Å². The Balaban J connectivity index is 2.08. The number of nitrogens with one attached hydrogen (secondary N) is 1. The molecule has 1 aromatic heterocycles. The van der Waals surface area contributed by atoms with Crippen LogP contribution in [-0.2, 0) is 0 Å². The fourth-order valence-electron chi connectivity index (χ4n) is 2.24. The average molecular weight is 247 g/mol. The molecule has 2 nitrogen and oxygen atoms in total. The van der Waals surface area contributed by atoms with Gasteiger partial charge >= 0.3 is 0 Å². The van der Waals surface area contributed by atoms with Crippen LogP contribution in [0, 0.1) is 13.8 Å². The van der Waals surface area contributed by atoms with Crippen LogP contribution in [0.1, 0.15) is 35.6 Å².